The Bertz CT molecular complexity index is 1050. The van der Waals surface area contributed by atoms with E-state index in [1.807, 2.05) is 0 Å². The lowest BCUT2D eigenvalue weighted by molar-refractivity contribution is 0.0589. The number of benzene rings is 2. The smallest absolute Gasteiger partial charge is 0.338 e. The molecule has 1 aliphatic rings. The molecular weight excluding hydrogens is 386 g/mol. The highest BCUT2D eigenvalue weighted by atomic mass is 32.1. The van der Waals surface area contributed by atoms with Crippen molar-refractivity contribution >= 4 is 38.6 Å². The molecular formula is C22H23N3O3S. The van der Waals surface area contributed by atoms with E-state index in [1.54, 1.807) is 40.5 Å². The maximum absolute atomic E-state index is 13.0. The molecule has 29 heavy (non-hydrogen) atoms. The number of esters is 1. The van der Waals surface area contributed by atoms with Crippen LogP contribution in [-0.2, 0) is 4.74 Å². The number of carbonyl (C=O) groups is 2. The van der Waals surface area contributed by atoms with Crippen molar-refractivity contribution in [2.45, 2.75) is 13.8 Å². The van der Waals surface area contributed by atoms with Gasteiger partial charge in [0.25, 0.3) is 5.91 Å². The van der Waals surface area contributed by atoms with Gasteiger partial charge in [0.2, 0.25) is 0 Å². The van der Waals surface area contributed by atoms with Crippen molar-refractivity contribution < 1.29 is 14.3 Å². The monoisotopic (exact) mass is 409 g/mol. The molecule has 1 fully saturated rings. The zero-order chi connectivity index (χ0) is 20.5. The molecule has 1 amide bonds. The molecule has 3 aromatic rings. The summed E-state index contributed by atoms with van der Waals surface area (Å²) in [5, 5.41) is 0.999. The molecule has 0 saturated carbocycles. The van der Waals surface area contributed by atoms with Crippen molar-refractivity contribution in [3.05, 3.63) is 58.7 Å². The van der Waals surface area contributed by atoms with Gasteiger partial charge in [0, 0.05) is 26.2 Å². The van der Waals surface area contributed by atoms with E-state index in [4.69, 9.17) is 9.72 Å². The Labute approximate surface area is 173 Å². The zero-order valence-corrected chi connectivity index (χ0v) is 17.6. The molecule has 0 N–H and O–H groups in total. The molecule has 0 spiro atoms. The van der Waals surface area contributed by atoms with Crippen molar-refractivity contribution in [1.29, 1.82) is 0 Å². The van der Waals surface area contributed by atoms with E-state index < -0.39 is 5.97 Å². The number of piperazine rings is 1. The van der Waals surface area contributed by atoms with Crippen LogP contribution in [0.3, 0.4) is 0 Å². The lowest BCUT2D eigenvalue weighted by Gasteiger charge is -2.34. The third-order valence-corrected chi connectivity index (χ3v) is 6.58. The second kappa shape index (κ2) is 7.83. The highest BCUT2D eigenvalue weighted by molar-refractivity contribution is 7.22. The SMILES string of the molecule is COC(=O)c1ccccc1C(=O)N1CCN(c2nc3c(C)ccc(C)c3s2)CC1. The number of hydrogen-bond donors (Lipinski definition) is 0. The van der Waals surface area contributed by atoms with E-state index >= 15 is 0 Å². The van der Waals surface area contributed by atoms with Gasteiger partial charge in [-0.05, 0) is 37.1 Å². The first-order valence-corrected chi connectivity index (χ1v) is 10.4. The number of carbonyl (C=O) groups excluding carboxylic acids is 2. The molecule has 150 valence electrons. The molecule has 2 heterocycles. The van der Waals surface area contributed by atoms with Crippen LogP contribution in [0.1, 0.15) is 31.8 Å². The molecule has 1 aromatic heterocycles. The Hall–Kier alpha value is -2.93. The number of methoxy groups -OCH3 is 1. The van der Waals surface area contributed by atoms with Gasteiger partial charge in [-0.3, -0.25) is 4.79 Å². The summed E-state index contributed by atoms with van der Waals surface area (Å²) < 4.78 is 6.04. The van der Waals surface area contributed by atoms with E-state index in [9.17, 15) is 9.59 Å². The number of aryl methyl sites for hydroxylation is 2. The Morgan fingerprint density at radius 1 is 0.966 bits per heavy atom. The fraction of sp³-hybridized carbons (Fsp3) is 0.318. The first-order valence-electron chi connectivity index (χ1n) is 9.58. The predicted molar refractivity (Wildman–Crippen MR) is 115 cm³/mol. The minimum absolute atomic E-state index is 0.137. The molecule has 7 heteroatoms. The van der Waals surface area contributed by atoms with Crippen LogP contribution in [-0.4, -0.2) is 55.0 Å². The first-order chi connectivity index (χ1) is 14.0. The fourth-order valence-electron chi connectivity index (χ4n) is 3.61. The van der Waals surface area contributed by atoms with Gasteiger partial charge >= 0.3 is 5.97 Å². The highest BCUT2D eigenvalue weighted by Gasteiger charge is 2.27. The number of hydrogen-bond acceptors (Lipinski definition) is 6. The van der Waals surface area contributed by atoms with E-state index in [1.165, 1.54) is 22.9 Å². The average Bonchev–Trinajstić information content (AvgIpc) is 3.22. The number of ether oxygens (including phenoxy) is 1. The minimum atomic E-state index is -0.493. The van der Waals surface area contributed by atoms with Crippen molar-refractivity contribution in [3.8, 4) is 0 Å². The lowest BCUT2D eigenvalue weighted by Crippen LogP contribution is -2.49. The molecule has 0 aliphatic carbocycles. The van der Waals surface area contributed by atoms with Crippen molar-refractivity contribution in [2.24, 2.45) is 0 Å². The van der Waals surface area contributed by atoms with Crippen LogP contribution < -0.4 is 4.90 Å². The second-order valence-electron chi connectivity index (χ2n) is 7.19. The summed E-state index contributed by atoms with van der Waals surface area (Å²) in [6, 6.07) is 11.0. The molecule has 0 radical (unpaired) electrons. The number of aromatic nitrogens is 1. The number of thiazole rings is 1. The summed E-state index contributed by atoms with van der Waals surface area (Å²) in [7, 11) is 1.32. The minimum Gasteiger partial charge on any atom is -0.465 e. The fourth-order valence-corrected chi connectivity index (χ4v) is 4.78. The number of nitrogens with zero attached hydrogens (tertiary/aromatic N) is 3. The number of anilines is 1. The molecule has 1 aliphatic heterocycles. The largest absolute Gasteiger partial charge is 0.465 e. The van der Waals surface area contributed by atoms with Gasteiger partial charge < -0.3 is 14.5 Å². The predicted octanol–water partition coefficient (Wildman–Crippen LogP) is 3.66. The molecule has 0 unspecified atom stereocenters. The molecule has 1 saturated heterocycles. The highest BCUT2D eigenvalue weighted by Crippen LogP contribution is 2.33. The van der Waals surface area contributed by atoms with Crippen molar-refractivity contribution in [2.75, 3.05) is 38.2 Å². The molecule has 0 atom stereocenters. The Morgan fingerprint density at radius 2 is 1.62 bits per heavy atom. The maximum atomic E-state index is 13.0. The summed E-state index contributed by atoms with van der Waals surface area (Å²) in [5.41, 5.74) is 4.18. The maximum Gasteiger partial charge on any atom is 0.338 e. The van der Waals surface area contributed by atoms with Crippen LogP contribution >= 0.6 is 11.3 Å². The van der Waals surface area contributed by atoms with E-state index in [0.717, 1.165) is 10.6 Å². The van der Waals surface area contributed by atoms with Gasteiger partial charge in [0.15, 0.2) is 5.13 Å². The summed E-state index contributed by atoms with van der Waals surface area (Å²) in [6.45, 7) is 6.79. The third-order valence-electron chi connectivity index (χ3n) is 5.33. The van der Waals surface area contributed by atoms with Crippen LogP contribution in [0.5, 0.6) is 0 Å². The second-order valence-corrected chi connectivity index (χ2v) is 8.17. The third kappa shape index (κ3) is 3.58. The molecule has 4 rings (SSSR count). The molecule has 2 aromatic carbocycles. The van der Waals surface area contributed by atoms with Gasteiger partial charge in [0.1, 0.15) is 0 Å². The van der Waals surface area contributed by atoms with Crippen LogP contribution in [0, 0.1) is 13.8 Å². The number of fused-ring (bicyclic) bond motifs is 1. The normalized spacial score (nSPS) is 14.3. The van der Waals surface area contributed by atoms with Gasteiger partial charge in [-0.15, -0.1) is 0 Å². The quantitative estimate of drug-likeness (QED) is 0.618. The van der Waals surface area contributed by atoms with Crippen molar-refractivity contribution in [1.82, 2.24) is 9.88 Å². The van der Waals surface area contributed by atoms with Gasteiger partial charge in [-0.2, -0.15) is 0 Å². The van der Waals surface area contributed by atoms with E-state index in [2.05, 4.69) is 30.9 Å². The number of rotatable bonds is 3. The Balaban J connectivity index is 1.50. The lowest BCUT2D eigenvalue weighted by atomic mass is 10.1. The summed E-state index contributed by atoms with van der Waals surface area (Å²) in [5.74, 6) is -0.630. The topological polar surface area (TPSA) is 62.7 Å². The average molecular weight is 410 g/mol. The Morgan fingerprint density at radius 3 is 2.28 bits per heavy atom. The van der Waals surface area contributed by atoms with Gasteiger partial charge in [-0.25, -0.2) is 9.78 Å². The summed E-state index contributed by atoms with van der Waals surface area (Å²) in [6.07, 6.45) is 0. The number of amides is 1. The zero-order valence-electron chi connectivity index (χ0n) is 16.8. The van der Waals surface area contributed by atoms with Gasteiger partial charge in [0.05, 0.1) is 28.5 Å². The van der Waals surface area contributed by atoms with Gasteiger partial charge in [-0.1, -0.05) is 35.6 Å². The first kappa shape index (κ1) is 19.4. The van der Waals surface area contributed by atoms with Crippen LogP contribution in [0.4, 0.5) is 5.13 Å². The van der Waals surface area contributed by atoms with E-state index in [0.29, 0.717) is 37.3 Å². The summed E-state index contributed by atoms with van der Waals surface area (Å²) in [4.78, 5) is 33.9. The van der Waals surface area contributed by atoms with Crippen LogP contribution in [0.25, 0.3) is 10.2 Å². The Kier molecular flexibility index (Phi) is 5.24. The standard InChI is InChI=1S/C22H23N3O3S/c1-14-8-9-15(2)19-18(14)23-22(29-19)25-12-10-24(11-13-25)20(26)16-6-4-5-7-17(16)21(27)28-3/h4-9H,10-13H2,1-3H3. The molecule has 0 bridgehead atoms. The van der Waals surface area contributed by atoms with Crippen molar-refractivity contribution in [3.63, 3.8) is 0 Å². The van der Waals surface area contributed by atoms with E-state index in [-0.39, 0.29) is 5.91 Å². The molecule has 6 nitrogen and oxygen atoms in total. The summed E-state index contributed by atoms with van der Waals surface area (Å²) >= 11 is 1.71. The van der Waals surface area contributed by atoms with Crippen LogP contribution in [0.2, 0.25) is 0 Å². The van der Waals surface area contributed by atoms with Crippen LogP contribution in [0.15, 0.2) is 36.4 Å².